The Hall–Kier alpha value is -2.28. The van der Waals surface area contributed by atoms with Crippen LogP contribution >= 0.6 is 0 Å². The number of primary amides is 1. The number of nitrogens with zero attached hydrogens (tertiary/aromatic N) is 2. The van der Waals surface area contributed by atoms with Crippen molar-refractivity contribution in [2.75, 3.05) is 6.54 Å². The maximum atomic E-state index is 13.4. The lowest BCUT2D eigenvalue weighted by atomic mass is 10.1. The lowest BCUT2D eigenvalue weighted by Crippen LogP contribution is -2.28. The second-order valence-electron chi connectivity index (χ2n) is 3.94. The maximum Gasteiger partial charge on any atom is 0.240 e. The monoisotopic (exact) mass is 264 g/mol. The first-order valence-electron chi connectivity index (χ1n) is 5.69. The molecule has 0 aliphatic carbocycles. The summed E-state index contributed by atoms with van der Waals surface area (Å²) in [4.78, 5) is 14.6. The van der Waals surface area contributed by atoms with E-state index in [9.17, 15) is 9.18 Å². The molecule has 0 radical (unpaired) electrons. The van der Waals surface area contributed by atoms with Gasteiger partial charge >= 0.3 is 0 Å². The zero-order chi connectivity index (χ0) is 13.7. The van der Waals surface area contributed by atoms with Gasteiger partial charge in [-0.1, -0.05) is 23.4 Å². The highest BCUT2D eigenvalue weighted by molar-refractivity contribution is 5.75. The van der Waals surface area contributed by atoms with Crippen LogP contribution in [-0.4, -0.2) is 22.6 Å². The third-order valence-electron chi connectivity index (χ3n) is 2.39. The normalized spacial score (nSPS) is 10.6. The van der Waals surface area contributed by atoms with Crippen molar-refractivity contribution < 1.29 is 13.7 Å². The standard InChI is InChI=1S/C12H13FN4O2/c13-9-4-2-1-3-8(9)5-11-16-12(19-17-11)7-15-6-10(14)18/h1-4,15H,5-7H2,(H2,14,18). The molecule has 19 heavy (non-hydrogen) atoms. The average molecular weight is 264 g/mol. The number of hydrogen-bond donors (Lipinski definition) is 2. The molecule has 1 aromatic carbocycles. The van der Waals surface area contributed by atoms with Crippen LogP contribution < -0.4 is 11.1 Å². The number of nitrogens with one attached hydrogen (secondary N) is 1. The van der Waals surface area contributed by atoms with E-state index in [0.29, 0.717) is 17.3 Å². The van der Waals surface area contributed by atoms with Gasteiger partial charge in [-0.3, -0.25) is 10.1 Å². The highest BCUT2D eigenvalue weighted by Gasteiger charge is 2.09. The summed E-state index contributed by atoms with van der Waals surface area (Å²) < 4.78 is 18.4. The molecule has 0 atom stereocenters. The van der Waals surface area contributed by atoms with Crippen LogP contribution in [0.15, 0.2) is 28.8 Å². The molecule has 0 saturated carbocycles. The molecule has 0 aliphatic heterocycles. The van der Waals surface area contributed by atoms with Crippen molar-refractivity contribution in [3.63, 3.8) is 0 Å². The van der Waals surface area contributed by atoms with Crippen molar-refractivity contribution in [2.45, 2.75) is 13.0 Å². The second kappa shape index (κ2) is 6.05. The molecule has 0 aliphatic rings. The molecule has 1 heterocycles. The fourth-order valence-electron chi connectivity index (χ4n) is 1.54. The van der Waals surface area contributed by atoms with E-state index in [4.69, 9.17) is 10.3 Å². The number of halogens is 1. The third kappa shape index (κ3) is 3.85. The van der Waals surface area contributed by atoms with Crippen LogP contribution in [0.5, 0.6) is 0 Å². The number of carbonyl (C=O) groups excluding carboxylic acids is 1. The van der Waals surface area contributed by atoms with Crippen molar-refractivity contribution in [3.8, 4) is 0 Å². The van der Waals surface area contributed by atoms with E-state index in [0.717, 1.165) is 0 Å². The van der Waals surface area contributed by atoms with Gasteiger partial charge in [0, 0.05) is 6.42 Å². The molecule has 6 nitrogen and oxygen atoms in total. The first-order valence-corrected chi connectivity index (χ1v) is 5.69. The zero-order valence-electron chi connectivity index (χ0n) is 10.1. The molecule has 1 aromatic heterocycles. The fraction of sp³-hybridized carbons (Fsp3) is 0.250. The van der Waals surface area contributed by atoms with Crippen molar-refractivity contribution in [3.05, 3.63) is 47.4 Å². The van der Waals surface area contributed by atoms with E-state index in [1.165, 1.54) is 6.07 Å². The lowest BCUT2D eigenvalue weighted by molar-refractivity contribution is -0.117. The predicted molar refractivity (Wildman–Crippen MR) is 64.4 cm³/mol. The van der Waals surface area contributed by atoms with Crippen LogP contribution in [0.1, 0.15) is 17.3 Å². The van der Waals surface area contributed by atoms with Crippen molar-refractivity contribution in [1.82, 2.24) is 15.5 Å². The van der Waals surface area contributed by atoms with Gasteiger partial charge in [-0.15, -0.1) is 0 Å². The summed E-state index contributed by atoms with van der Waals surface area (Å²) in [5, 5.41) is 6.49. The number of hydrogen-bond acceptors (Lipinski definition) is 5. The van der Waals surface area contributed by atoms with Crippen LogP contribution in [0.2, 0.25) is 0 Å². The Morgan fingerprint density at radius 2 is 2.21 bits per heavy atom. The number of rotatable bonds is 6. The quantitative estimate of drug-likeness (QED) is 0.786. The molecule has 0 bridgehead atoms. The van der Waals surface area contributed by atoms with Gasteiger partial charge in [0.25, 0.3) is 0 Å². The SMILES string of the molecule is NC(=O)CNCc1nc(Cc2ccccc2F)no1. The Morgan fingerprint density at radius 1 is 1.42 bits per heavy atom. The number of nitrogens with two attached hydrogens (primary N) is 1. The Kier molecular flexibility index (Phi) is 4.19. The Labute approximate surface area is 108 Å². The third-order valence-corrected chi connectivity index (χ3v) is 2.39. The summed E-state index contributed by atoms with van der Waals surface area (Å²) in [6.45, 7) is 0.276. The van der Waals surface area contributed by atoms with Crippen molar-refractivity contribution >= 4 is 5.91 Å². The summed E-state index contributed by atoms with van der Waals surface area (Å²) in [6.07, 6.45) is 0.256. The van der Waals surface area contributed by atoms with Gasteiger partial charge in [-0.05, 0) is 11.6 Å². The molecule has 2 rings (SSSR count). The van der Waals surface area contributed by atoms with Crippen LogP contribution in [0.3, 0.4) is 0 Å². The van der Waals surface area contributed by atoms with Crippen LogP contribution in [0.4, 0.5) is 4.39 Å². The smallest absolute Gasteiger partial charge is 0.240 e. The summed E-state index contributed by atoms with van der Waals surface area (Å²) in [6, 6.07) is 6.41. The average Bonchev–Trinajstić information content (AvgIpc) is 2.79. The molecule has 0 saturated heterocycles. The number of aromatic nitrogens is 2. The molecule has 0 spiro atoms. The maximum absolute atomic E-state index is 13.4. The molecular formula is C12H13FN4O2. The summed E-state index contributed by atoms with van der Waals surface area (Å²) in [5.74, 6) is -0.0552. The molecule has 2 aromatic rings. The van der Waals surface area contributed by atoms with Crippen LogP contribution in [0.25, 0.3) is 0 Å². The van der Waals surface area contributed by atoms with Crippen LogP contribution in [0, 0.1) is 5.82 Å². The van der Waals surface area contributed by atoms with Gasteiger partial charge in [0.1, 0.15) is 5.82 Å². The number of amides is 1. The Bertz CT molecular complexity index is 570. The van der Waals surface area contributed by atoms with Gasteiger partial charge < -0.3 is 10.3 Å². The first kappa shape index (κ1) is 13.2. The van der Waals surface area contributed by atoms with E-state index in [1.807, 2.05) is 0 Å². The molecule has 1 amide bonds. The van der Waals surface area contributed by atoms with E-state index in [2.05, 4.69) is 15.5 Å². The summed E-state index contributed by atoms with van der Waals surface area (Å²) >= 11 is 0. The lowest BCUT2D eigenvalue weighted by Gasteiger charge is -1.97. The molecule has 7 heteroatoms. The minimum atomic E-state index is -0.467. The molecular weight excluding hydrogens is 251 g/mol. The van der Waals surface area contributed by atoms with E-state index >= 15 is 0 Å². The first-order chi connectivity index (χ1) is 9.15. The van der Waals surface area contributed by atoms with E-state index in [1.54, 1.807) is 18.2 Å². The highest BCUT2D eigenvalue weighted by atomic mass is 19.1. The zero-order valence-corrected chi connectivity index (χ0v) is 10.1. The molecule has 0 unspecified atom stereocenters. The second-order valence-corrected chi connectivity index (χ2v) is 3.94. The highest BCUT2D eigenvalue weighted by Crippen LogP contribution is 2.10. The van der Waals surface area contributed by atoms with Gasteiger partial charge in [-0.2, -0.15) is 4.98 Å². The fourth-order valence-corrected chi connectivity index (χ4v) is 1.54. The minimum Gasteiger partial charge on any atom is -0.369 e. The van der Waals surface area contributed by atoms with Gasteiger partial charge in [0.05, 0.1) is 13.1 Å². The molecule has 100 valence electrons. The molecule has 3 N–H and O–H groups in total. The number of benzene rings is 1. The van der Waals surface area contributed by atoms with E-state index < -0.39 is 5.91 Å². The summed E-state index contributed by atoms with van der Waals surface area (Å²) in [5.41, 5.74) is 5.47. The van der Waals surface area contributed by atoms with Crippen LogP contribution in [-0.2, 0) is 17.8 Å². The Morgan fingerprint density at radius 3 is 2.95 bits per heavy atom. The Balaban J connectivity index is 1.94. The number of carbonyl (C=O) groups is 1. The van der Waals surface area contributed by atoms with Crippen molar-refractivity contribution in [2.24, 2.45) is 5.73 Å². The summed E-state index contributed by atoms with van der Waals surface area (Å²) in [7, 11) is 0. The largest absolute Gasteiger partial charge is 0.369 e. The van der Waals surface area contributed by atoms with Gasteiger partial charge in [0.15, 0.2) is 5.82 Å². The predicted octanol–water partition coefficient (Wildman–Crippen LogP) is 0.374. The van der Waals surface area contributed by atoms with Gasteiger partial charge in [-0.25, -0.2) is 4.39 Å². The topological polar surface area (TPSA) is 94.0 Å². The van der Waals surface area contributed by atoms with Crippen molar-refractivity contribution in [1.29, 1.82) is 0 Å². The van der Waals surface area contributed by atoms with E-state index in [-0.39, 0.29) is 25.3 Å². The minimum absolute atomic E-state index is 0.0328. The van der Waals surface area contributed by atoms with Gasteiger partial charge in [0.2, 0.25) is 11.8 Å². The molecule has 0 fully saturated rings.